The molecule has 2 rings (SSSR count). The monoisotopic (exact) mass is 240 g/mol. The summed E-state index contributed by atoms with van der Waals surface area (Å²) in [6.45, 7) is 7.91. The van der Waals surface area contributed by atoms with Crippen molar-refractivity contribution in [1.82, 2.24) is 5.32 Å². The summed E-state index contributed by atoms with van der Waals surface area (Å²) in [7, 11) is 0. The van der Waals surface area contributed by atoms with Gasteiger partial charge in [0.1, 0.15) is 0 Å². The van der Waals surface area contributed by atoms with Gasteiger partial charge in [-0.05, 0) is 44.4 Å². The number of nitrogens with one attached hydrogen (secondary N) is 1. The molecule has 2 nitrogen and oxygen atoms in total. The van der Waals surface area contributed by atoms with Gasteiger partial charge in [0, 0.05) is 17.8 Å². The Kier molecular flexibility index (Phi) is 3.53. The van der Waals surface area contributed by atoms with Gasteiger partial charge < -0.3 is 5.32 Å². The molecule has 0 radical (unpaired) electrons. The highest BCUT2D eigenvalue weighted by Gasteiger charge is 2.40. The minimum atomic E-state index is 0.285. The van der Waals surface area contributed by atoms with Crippen molar-refractivity contribution in [3.63, 3.8) is 0 Å². The predicted octanol–water partition coefficient (Wildman–Crippen LogP) is 3.43. The molecule has 0 aromatic heterocycles. The molecule has 0 aromatic rings. The van der Waals surface area contributed by atoms with E-state index in [0.29, 0.717) is 5.41 Å². The SMILES string of the molecule is CCC1(CN=C2NC(C)(CC)CCS2)CC1. The number of aliphatic imine (C=N–C) groups is 1. The number of rotatable bonds is 4. The van der Waals surface area contributed by atoms with E-state index in [9.17, 15) is 0 Å². The van der Waals surface area contributed by atoms with Crippen LogP contribution in [0.1, 0.15) is 52.9 Å². The number of hydrogen-bond acceptors (Lipinski definition) is 2. The third kappa shape index (κ3) is 2.73. The van der Waals surface area contributed by atoms with E-state index in [1.807, 2.05) is 11.8 Å². The summed E-state index contributed by atoms with van der Waals surface area (Å²) < 4.78 is 0. The fourth-order valence-electron chi connectivity index (χ4n) is 2.12. The second-order valence-corrected chi connectivity index (χ2v) is 6.70. The lowest BCUT2D eigenvalue weighted by atomic mass is 9.96. The first-order valence-corrected chi connectivity index (χ1v) is 7.55. The van der Waals surface area contributed by atoms with Crippen molar-refractivity contribution in [1.29, 1.82) is 0 Å². The largest absolute Gasteiger partial charge is 0.360 e. The summed E-state index contributed by atoms with van der Waals surface area (Å²) in [5.74, 6) is 1.22. The van der Waals surface area contributed by atoms with Gasteiger partial charge in [0.05, 0.1) is 0 Å². The summed E-state index contributed by atoms with van der Waals surface area (Å²) in [4.78, 5) is 4.80. The highest BCUT2D eigenvalue weighted by Crippen LogP contribution is 2.48. The molecule has 16 heavy (non-hydrogen) atoms. The lowest BCUT2D eigenvalue weighted by Crippen LogP contribution is -2.48. The summed E-state index contributed by atoms with van der Waals surface area (Å²) in [5, 5.41) is 4.81. The van der Waals surface area contributed by atoms with E-state index in [1.54, 1.807) is 0 Å². The van der Waals surface area contributed by atoms with Gasteiger partial charge in [-0.3, -0.25) is 4.99 Å². The Labute approximate surface area is 104 Å². The molecular formula is C13H24N2S. The van der Waals surface area contributed by atoms with Gasteiger partial charge in [-0.2, -0.15) is 0 Å². The van der Waals surface area contributed by atoms with Crippen LogP contribution in [0.15, 0.2) is 4.99 Å². The number of nitrogens with zero attached hydrogens (tertiary/aromatic N) is 1. The predicted molar refractivity (Wildman–Crippen MR) is 73.2 cm³/mol. The van der Waals surface area contributed by atoms with E-state index in [0.717, 1.165) is 6.54 Å². The average molecular weight is 240 g/mol. The molecule has 0 amide bonds. The molecule has 3 heteroatoms. The maximum absolute atomic E-state index is 4.80. The molecule has 1 saturated heterocycles. The number of hydrogen-bond donors (Lipinski definition) is 1. The molecule has 0 bridgehead atoms. The smallest absolute Gasteiger partial charge is 0.156 e. The van der Waals surface area contributed by atoms with Gasteiger partial charge in [0.25, 0.3) is 0 Å². The van der Waals surface area contributed by atoms with E-state index in [-0.39, 0.29) is 5.54 Å². The Morgan fingerprint density at radius 1 is 1.25 bits per heavy atom. The van der Waals surface area contributed by atoms with Crippen LogP contribution in [-0.4, -0.2) is 23.0 Å². The third-order valence-corrected chi connectivity index (χ3v) is 5.26. The highest BCUT2D eigenvalue weighted by atomic mass is 32.2. The van der Waals surface area contributed by atoms with Gasteiger partial charge in [-0.25, -0.2) is 0 Å². The van der Waals surface area contributed by atoms with Gasteiger partial charge in [0.2, 0.25) is 0 Å². The molecule has 1 aliphatic carbocycles. The van der Waals surface area contributed by atoms with E-state index in [1.165, 1.54) is 43.0 Å². The van der Waals surface area contributed by atoms with Crippen LogP contribution in [0.3, 0.4) is 0 Å². The fraction of sp³-hybridized carbons (Fsp3) is 0.923. The Hall–Kier alpha value is -0.180. The van der Waals surface area contributed by atoms with E-state index in [4.69, 9.17) is 4.99 Å². The zero-order valence-corrected chi connectivity index (χ0v) is 11.6. The molecule has 2 aliphatic rings. The quantitative estimate of drug-likeness (QED) is 0.814. The van der Waals surface area contributed by atoms with Crippen LogP contribution in [0.25, 0.3) is 0 Å². The molecule has 1 unspecified atom stereocenters. The van der Waals surface area contributed by atoms with Gasteiger partial charge in [-0.1, -0.05) is 25.6 Å². The van der Waals surface area contributed by atoms with Gasteiger partial charge in [-0.15, -0.1) is 0 Å². The second-order valence-electron chi connectivity index (χ2n) is 5.61. The van der Waals surface area contributed by atoms with Gasteiger partial charge in [0.15, 0.2) is 5.17 Å². The summed E-state index contributed by atoms with van der Waals surface area (Å²) in [6, 6.07) is 0. The minimum absolute atomic E-state index is 0.285. The molecule has 1 saturated carbocycles. The first-order chi connectivity index (χ1) is 7.61. The van der Waals surface area contributed by atoms with Crippen LogP contribution < -0.4 is 5.32 Å². The molecule has 0 aromatic carbocycles. The Morgan fingerprint density at radius 2 is 2.00 bits per heavy atom. The molecule has 1 heterocycles. The zero-order chi connectivity index (χ0) is 11.6. The molecule has 0 spiro atoms. The molecule has 1 atom stereocenters. The highest BCUT2D eigenvalue weighted by molar-refractivity contribution is 8.13. The van der Waals surface area contributed by atoms with Crippen molar-refractivity contribution in [2.75, 3.05) is 12.3 Å². The minimum Gasteiger partial charge on any atom is -0.360 e. The van der Waals surface area contributed by atoms with Crippen LogP contribution in [0.5, 0.6) is 0 Å². The van der Waals surface area contributed by atoms with Crippen molar-refractivity contribution >= 4 is 16.9 Å². The topological polar surface area (TPSA) is 24.4 Å². The lowest BCUT2D eigenvalue weighted by Gasteiger charge is -2.35. The molecule has 2 fully saturated rings. The van der Waals surface area contributed by atoms with E-state index >= 15 is 0 Å². The Balaban J connectivity index is 1.91. The van der Waals surface area contributed by atoms with Crippen LogP contribution in [0.2, 0.25) is 0 Å². The zero-order valence-electron chi connectivity index (χ0n) is 10.8. The normalized spacial score (nSPS) is 34.8. The first-order valence-electron chi connectivity index (χ1n) is 6.57. The van der Waals surface area contributed by atoms with Gasteiger partial charge >= 0.3 is 0 Å². The number of thioether (sulfide) groups is 1. The first kappa shape index (κ1) is 12.3. The lowest BCUT2D eigenvalue weighted by molar-refractivity contribution is 0.389. The molecular weight excluding hydrogens is 216 g/mol. The Morgan fingerprint density at radius 3 is 2.56 bits per heavy atom. The summed E-state index contributed by atoms with van der Waals surface area (Å²) >= 11 is 1.90. The van der Waals surface area contributed by atoms with Crippen molar-refractivity contribution in [2.24, 2.45) is 10.4 Å². The molecule has 92 valence electrons. The van der Waals surface area contributed by atoms with Crippen molar-refractivity contribution in [3.8, 4) is 0 Å². The van der Waals surface area contributed by atoms with E-state index < -0.39 is 0 Å². The maximum atomic E-state index is 4.80. The van der Waals surface area contributed by atoms with Crippen LogP contribution >= 0.6 is 11.8 Å². The molecule has 1 N–H and O–H groups in total. The molecule has 1 aliphatic heterocycles. The van der Waals surface area contributed by atoms with Crippen molar-refractivity contribution < 1.29 is 0 Å². The fourth-order valence-corrected chi connectivity index (χ4v) is 3.34. The Bertz CT molecular complexity index is 284. The second kappa shape index (κ2) is 4.59. The summed E-state index contributed by atoms with van der Waals surface area (Å²) in [6.07, 6.45) is 6.50. The summed E-state index contributed by atoms with van der Waals surface area (Å²) in [5.41, 5.74) is 0.863. The third-order valence-electron chi connectivity index (χ3n) is 4.35. The van der Waals surface area contributed by atoms with Crippen LogP contribution in [0.4, 0.5) is 0 Å². The van der Waals surface area contributed by atoms with Crippen molar-refractivity contribution in [2.45, 2.75) is 58.4 Å². The van der Waals surface area contributed by atoms with Crippen molar-refractivity contribution in [3.05, 3.63) is 0 Å². The maximum Gasteiger partial charge on any atom is 0.156 e. The van der Waals surface area contributed by atoms with Crippen LogP contribution in [0, 0.1) is 5.41 Å². The van der Waals surface area contributed by atoms with Crippen LogP contribution in [-0.2, 0) is 0 Å². The number of amidine groups is 1. The average Bonchev–Trinajstić information content (AvgIpc) is 3.08. The standard InChI is InChI=1S/C13H24N2S/c1-4-12(3)8-9-16-11(15-12)14-10-13(5-2)6-7-13/h4-10H2,1-3H3,(H,14,15). The van der Waals surface area contributed by atoms with E-state index in [2.05, 4.69) is 26.1 Å².